The Kier molecular flexibility index (Phi) is 14.8. The van der Waals surface area contributed by atoms with E-state index in [0.29, 0.717) is 0 Å². The number of unbranched alkanes of at least 4 members (excludes halogenated alkanes) is 5. The average molecular weight is 937 g/mol. The minimum Gasteiger partial charge on any atom is -0.271 e. The van der Waals surface area contributed by atoms with Crippen molar-refractivity contribution in [1.29, 1.82) is 0 Å². The lowest BCUT2D eigenvalue weighted by Gasteiger charge is -2.44. The normalized spacial score (nSPS) is 11.6. The number of benzene rings is 5. The molecule has 0 fully saturated rings. The van der Waals surface area contributed by atoms with Gasteiger partial charge in [0.05, 0.1) is 5.39 Å². The molecule has 6 rings (SSSR count). The first kappa shape index (κ1) is 49.0. The van der Waals surface area contributed by atoms with E-state index in [4.69, 9.17) is 4.84 Å². The van der Waals surface area contributed by atoms with E-state index in [1.165, 1.54) is 42.9 Å². The highest BCUT2D eigenvalue weighted by molar-refractivity contribution is 7.20. The molecule has 0 bridgehead atoms. The Labute approximate surface area is 347 Å². The van der Waals surface area contributed by atoms with Gasteiger partial charge in [0.2, 0.25) is 12.4 Å². The van der Waals surface area contributed by atoms with Crippen LogP contribution in [-0.4, -0.2) is 12.8 Å². The summed E-state index contributed by atoms with van der Waals surface area (Å²) in [5.41, 5.74) is -14.3. The topological polar surface area (TPSA) is 13.1 Å². The molecule has 342 valence electrons. The lowest BCUT2D eigenvalue weighted by atomic mass is 9.12. The van der Waals surface area contributed by atoms with Gasteiger partial charge in [0.1, 0.15) is 52.7 Å². The summed E-state index contributed by atoms with van der Waals surface area (Å²) in [6.07, 6.45) is 4.59. The molecule has 23 heteroatoms. The molecule has 64 heavy (non-hydrogen) atoms. The zero-order valence-electron chi connectivity index (χ0n) is 32.0. The zero-order valence-corrected chi connectivity index (χ0v) is 32.0. The molecule has 1 heterocycles. The minimum atomic E-state index is -7.22. The van der Waals surface area contributed by atoms with Gasteiger partial charge in [-0.1, -0.05) is 50.8 Å². The van der Waals surface area contributed by atoms with Gasteiger partial charge in [-0.3, -0.25) is 4.84 Å². The van der Waals surface area contributed by atoms with Gasteiger partial charge < -0.3 is 0 Å². The fourth-order valence-corrected chi connectivity index (χ4v) is 7.12. The second-order valence-electron chi connectivity index (χ2n) is 13.8. The molecule has 0 spiro atoms. The Bertz CT molecular complexity index is 2380. The first-order chi connectivity index (χ1) is 30.1. The highest BCUT2D eigenvalue weighted by Gasteiger charge is 2.52. The van der Waals surface area contributed by atoms with Gasteiger partial charge in [-0.2, -0.15) is 0 Å². The molecular weight excluding hydrogens is 913 g/mol. The van der Waals surface area contributed by atoms with Gasteiger partial charge in [-0.25, -0.2) is 87.8 Å². The highest BCUT2D eigenvalue weighted by atomic mass is 19.2. The Balaban J connectivity index is 0.000000337. The number of nitrogens with zero attached hydrogens (tertiary/aromatic N) is 1. The van der Waals surface area contributed by atoms with Crippen LogP contribution in [0.25, 0.3) is 10.8 Å². The smallest absolute Gasteiger partial charge is 0.230 e. The minimum absolute atomic E-state index is 0.801. The maximum absolute atomic E-state index is 15.4. The van der Waals surface area contributed by atoms with E-state index in [1.54, 1.807) is 0 Å². The molecule has 0 unspecified atom stereocenters. The van der Waals surface area contributed by atoms with Crippen LogP contribution in [0.2, 0.25) is 0 Å². The number of aromatic nitrogens is 1. The van der Waals surface area contributed by atoms with E-state index >= 15 is 35.1 Å². The van der Waals surface area contributed by atoms with Crippen molar-refractivity contribution >= 4 is 38.8 Å². The molecule has 0 amide bonds. The first-order valence-corrected chi connectivity index (χ1v) is 18.4. The average Bonchev–Trinajstić information content (AvgIpc) is 3.28. The maximum Gasteiger partial charge on any atom is 0.230 e. The summed E-state index contributed by atoms with van der Waals surface area (Å²) in [7, 11) is 0. The van der Waals surface area contributed by atoms with Crippen molar-refractivity contribution in [2.75, 3.05) is 6.61 Å². The molecule has 5 aromatic carbocycles. The Morgan fingerprint density at radius 3 is 0.969 bits per heavy atom. The quantitative estimate of drug-likeness (QED) is 0.0298. The molecule has 0 saturated heterocycles. The predicted molar refractivity (Wildman–Crippen MR) is 188 cm³/mol. The van der Waals surface area contributed by atoms with Crippen LogP contribution in [0.1, 0.15) is 45.4 Å². The number of hydrogen-bond donors (Lipinski definition) is 0. The summed E-state index contributed by atoms with van der Waals surface area (Å²) in [5.74, 6) is -71.4. The molecular formula is C41H24BF20NO. The van der Waals surface area contributed by atoms with Crippen molar-refractivity contribution in [1.82, 2.24) is 0 Å². The maximum atomic E-state index is 15.4. The van der Waals surface area contributed by atoms with E-state index in [2.05, 4.69) is 37.3 Å². The van der Waals surface area contributed by atoms with Crippen LogP contribution >= 0.6 is 0 Å². The van der Waals surface area contributed by atoms with E-state index < -0.39 is 144 Å². The summed E-state index contributed by atoms with van der Waals surface area (Å²) in [6.45, 7) is 3.05. The van der Waals surface area contributed by atoms with Crippen LogP contribution in [0.5, 0.6) is 0 Å². The Morgan fingerprint density at radius 1 is 0.359 bits per heavy atom. The van der Waals surface area contributed by atoms with E-state index in [1.807, 2.05) is 17.1 Å². The summed E-state index contributed by atoms with van der Waals surface area (Å²) in [4.78, 5) is 5.74. The molecule has 0 aliphatic carbocycles. The van der Waals surface area contributed by atoms with Crippen LogP contribution in [0, 0.1) is 116 Å². The van der Waals surface area contributed by atoms with Crippen molar-refractivity contribution in [2.24, 2.45) is 0 Å². The number of pyridine rings is 1. The van der Waals surface area contributed by atoms with E-state index in [9.17, 15) is 52.7 Å². The number of halogens is 20. The summed E-state index contributed by atoms with van der Waals surface area (Å²) in [6, 6.07) is 10.4. The summed E-state index contributed by atoms with van der Waals surface area (Å²) >= 11 is 0. The Morgan fingerprint density at radius 2 is 0.641 bits per heavy atom. The third kappa shape index (κ3) is 8.28. The summed E-state index contributed by atoms with van der Waals surface area (Å²) < 4.78 is 296. The third-order valence-corrected chi connectivity index (χ3v) is 10.1. The molecule has 0 atom stereocenters. The SMILES string of the molecule is CCCCCCCCO[n+]1ccc2ccccc2c1.Fc1c(F)c(F)c([B-](c2c(F)c(F)c(F)c(F)c2F)(c2c(F)c(F)c(F)c(F)c2F)c2c(F)c(F)c(F)c(F)c2F)c(F)c1F. The van der Waals surface area contributed by atoms with E-state index in [0.717, 1.165) is 13.0 Å². The molecule has 1 aromatic heterocycles. The van der Waals surface area contributed by atoms with Crippen LogP contribution < -0.4 is 31.4 Å². The zero-order chi connectivity index (χ0) is 47.7. The van der Waals surface area contributed by atoms with E-state index in [-0.39, 0.29) is 0 Å². The first-order valence-electron chi connectivity index (χ1n) is 18.4. The van der Waals surface area contributed by atoms with Gasteiger partial charge in [-0.15, -0.1) is 21.9 Å². The number of hydrogen-bond acceptors (Lipinski definition) is 1. The standard InChI is InChI=1S/C24BF20.C17H24NO/c26-5-1(6(27)14(35)21(42)13(5)34)25(2-7(28)15(36)22(43)16(37)8(2)29,3-9(30)17(38)23(44)18(39)10(3)31)4-11(32)19(40)24(45)20(41)12(4)33;1-2-3-4-5-6-9-14-19-18-13-12-16-10-7-8-11-17(16)15-18/h;7-8,10-13,15H,2-6,9,14H2,1H3/q-1;+1. The third-order valence-electron chi connectivity index (χ3n) is 10.1. The largest absolute Gasteiger partial charge is 0.271 e. The van der Waals surface area contributed by atoms with Crippen molar-refractivity contribution in [2.45, 2.75) is 45.4 Å². The fraction of sp³-hybridized carbons (Fsp3) is 0.195. The van der Waals surface area contributed by atoms with Crippen molar-refractivity contribution in [3.05, 3.63) is 159 Å². The second kappa shape index (κ2) is 19.4. The monoisotopic (exact) mass is 937 g/mol. The number of fused-ring (bicyclic) bond motifs is 1. The fourth-order valence-electron chi connectivity index (χ4n) is 7.12. The second-order valence-corrected chi connectivity index (χ2v) is 13.8. The lowest BCUT2D eigenvalue weighted by molar-refractivity contribution is -0.890. The van der Waals surface area contributed by atoms with Gasteiger partial charge in [0, 0.05) is 10.8 Å². The van der Waals surface area contributed by atoms with Gasteiger partial charge >= 0.3 is 0 Å². The summed E-state index contributed by atoms with van der Waals surface area (Å²) in [5, 5.41) is 2.47. The molecule has 2 nitrogen and oxygen atoms in total. The predicted octanol–water partition coefficient (Wildman–Crippen LogP) is 9.76. The van der Waals surface area contributed by atoms with Crippen molar-refractivity contribution in [3.63, 3.8) is 0 Å². The molecule has 0 aliphatic heterocycles. The van der Waals surface area contributed by atoms with Gasteiger partial charge in [0.15, 0.2) is 76.4 Å². The van der Waals surface area contributed by atoms with Crippen LogP contribution in [0.4, 0.5) is 87.8 Å². The van der Waals surface area contributed by atoms with Crippen LogP contribution in [0.3, 0.4) is 0 Å². The molecule has 6 aromatic rings. The van der Waals surface area contributed by atoms with Crippen LogP contribution in [-0.2, 0) is 0 Å². The van der Waals surface area contributed by atoms with Crippen molar-refractivity contribution in [3.8, 4) is 0 Å². The van der Waals surface area contributed by atoms with Crippen molar-refractivity contribution < 1.29 is 97.4 Å². The Hall–Kier alpha value is -6.03. The number of rotatable bonds is 12. The van der Waals surface area contributed by atoms with Gasteiger partial charge in [0.25, 0.3) is 0 Å². The lowest BCUT2D eigenvalue weighted by Crippen LogP contribution is -2.81. The molecule has 0 N–H and O–H groups in total. The molecule has 0 aliphatic rings. The van der Waals surface area contributed by atoms with Crippen LogP contribution in [0.15, 0.2) is 42.7 Å². The molecule has 0 radical (unpaired) electrons. The molecule has 0 saturated carbocycles. The highest BCUT2D eigenvalue weighted by Crippen LogP contribution is 2.31. The van der Waals surface area contributed by atoms with Gasteiger partial charge in [-0.05, 0) is 24.3 Å².